The van der Waals surface area contributed by atoms with Gasteiger partial charge in [0.15, 0.2) is 0 Å². The molecule has 1 atom stereocenters. The highest BCUT2D eigenvalue weighted by Crippen LogP contribution is 2.35. The molecule has 0 unspecified atom stereocenters. The van der Waals surface area contributed by atoms with Crippen LogP contribution >= 0.6 is 24.0 Å². The lowest BCUT2D eigenvalue weighted by Gasteiger charge is -2.29. The van der Waals surface area contributed by atoms with Crippen LogP contribution in [0.4, 0.5) is 13.2 Å². The van der Waals surface area contributed by atoms with E-state index in [0.29, 0.717) is 10.6 Å². The molecule has 0 aliphatic carbocycles. The molecule has 1 saturated heterocycles. The van der Waals surface area contributed by atoms with Gasteiger partial charge in [-0.25, -0.2) is 0 Å². The molecule has 1 N–H and O–H groups in total. The summed E-state index contributed by atoms with van der Waals surface area (Å²) in [4.78, 5) is 0. The molecule has 1 aromatic rings. The zero-order chi connectivity index (χ0) is 11.1. The third kappa shape index (κ3) is 2.62. The second-order valence-electron chi connectivity index (χ2n) is 3.53. The van der Waals surface area contributed by atoms with Crippen LogP contribution in [0.2, 0.25) is 5.02 Å². The summed E-state index contributed by atoms with van der Waals surface area (Å²) in [5.41, 5.74) is -0.103. The SMILES string of the molecule is Cl.FC(F)(F)c1ccc(Cl)c([C@@H]2CCN2)c1. The van der Waals surface area contributed by atoms with Crippen molar-refractivity contribution in [3.63, 3.8) is 0 Å². The molecule has 1 fully saturated rings. The second kappa shape index (κ2) is 4.82. The summed E-state index contributed by atoms with van der Waals surface area (Å²) >= 11 is 5.85. The number of benzene rings is 1. The van der Waals surface area contributed by atoms with Crippen LogP contribution in [0.1, 0.15) is 23.6 Å². The molecule has 1 aliphatic rings. The normalized spacial score (nSPS) is 19.9. The van der Waals surface area contributed by atoms with Crippen LogP contribution in [0.25, 0.3) is 0 Å². The van der Waals surface area contributed by atoms with Gasteiger partial charge in [0.2, 0.25) is 0 Å². The van der Waals surface area contributed by atoms with Crippen molar-refractivity contribution >= 4 is 24.0 Å². The molecule has 6 heteroatoms. The van der Waals surface area contributed by atoms with E-state index in [9.17, 15) is 13.2 Å². The standard InChI is InChI=1S/C10H9ClF3N.ClH/c11-8-2-1-6(10(12,13)14)5-7(8)9-3-4-15-9;/h1-2,5,9,15H,3-4H2;1H/t9-;/m0./s1. The van der Waals surface area contributed by atoms with E-state index in [1.807, 2.05) is 0 Å². The Kier molecular flexibility index (Phi) is 4.10. The summed E-state index contributed by atoms with van der Waals surface area (Å²) in [5, 5.41) is 3.42. The zero-order valence-electron chi connectivity index (χ0n) is 8.14. The van der Waals surface area contributed by atoms with Crippen molar-refractivity contribution in [1.29, 1.82) is 0 Å². The molecule has 0 aromatic heterocycles. The Morgan fingerprint density at radius 1 is 1.31 bits per heavy atom. The van der Waals surface area contributed by atoms with E-state index in [-0.39, 0.29) is 18.4 Å². The Bertz CT molecular complexity index is 375. The topological polar surface area (TPSA) is 12.0 Å². The average molecular weight is 272 g/mol. The number of hydrogen-bond acceptors (Lipinski definition) is 1. The van der Waals surface area contributed by atoms with E-state index in [4.69, 9.17) is 11.6 Å². The summed E-state index contributed by atoms with van der Waals surface area (Å²) in [6, 6.07) is 3.41. The van der Waals surface area contributed by atoms with E-state index >= 15 is 0 Å². The third-order valence-electron chi connectivity index (χ3n) is 2.52. The number of rotatable bonds is 1. The summed E-state index contributed by atoms with van der Waals surface area (Å²) in [5.74, 6) is 0. The van der Waals surface area contributed by atoms with E-state index in [2.05, 4.69) is 5.32 Å². The molecule has 0 radical (unpaired) electrons. The van der Waals surface area contributed by atoms with Gasteiger partial charge >= 0.3 is 6.18 Å². The Morgan fingerprint density at radius 2 is 1.94 bits per heavy atom. The fourth-order valence-corrected chi connectivity index (χ4v) is 1.79. The minimum Gasteiger partial charge on any atom is -0.310 e. The van der Waals surface area contributed by atoms with Crippen molar-refractivity contribution in [3.8, 4) is 0 Å². The minimum atomic E-state index is -4.30. The van der Waals surface area contributed by atoms with Crippen LogP contribution in [-0.2, 0) is 6.18 Å². The number of alkyl halides is 3. The molecule has 0 amide bonds. The molecule has 1 aromatic carbocycles. The number of hydrogen-bond donors (Lipinski definition) is 1. The van der Waals surface area contributed by atoms with Crippen molar-refractivity contribution in [2.75, 3.05) is 6.54 Å². The molecule has 0 saturated carbocycles. The molecule has 1 heterocycles. The summed E-state index contributed by atoms with van der Waals surface area (Å²) in [7, 11) is 0. The predicted octanol–water partition coefficient (Wildman–Crippen LogP) is 3.82. The zero-order valence-corrected chi connectivity index (χ0v) is 9.72. The maximum absolute atomic E-state index is 12.4. The van der Waals surface area contributed by atoms with Gasteiger partial charge in [0.1, 0.15) is 0 Å². The first-order valence-electron chi connectivity index (χ1n) is 4.58. The van der Waals surface area contributed by atoms with Crippen LogP contribution in [0.15, 0.2) is 18.2 Å². The maximum atomic E-state index is 12.4. The number of halogens is 5. The van der Waals surface area contributed by atoms with Gasteiger partial charge in [-0.05, 0) is 36.7 Å². The summed E-state index contributed by atoms with van der Waals surface area (Å²) in [6.07, 6.45) is -3.47. The van der Waals surface area contributed by atoms with Crippen molar-refractivity contribution < 1.29 is 13.2 Å². The van der Waals surface area contributed by atoms with Gasteiger partial charge in [-0.3, -0.25) is 0 Å². The number of nitrogens with one attached hydrogen (secondary N) is 1. The summed E-state index contributed by atoms with van der Waals surface area (Å²) < 4.78 is 37.3. The van der Waals surface area contributed by atoms with Crippen molar-refractivity contribution in [2.45, 2.75) is 18.6 Å². The Hall–Kier alpha value is -0.450. The quantitative estimate of drug-likeness (QED) is 0.819. The predicted molar refractivity (Wildman–Crippen MR) is 59.1 cm³/mol. The van der Waals surface area contributed by atoms with Gasteiger partial charge in [-0.15, -0.1) is 12.4 Å². The fraction of sp³-hybridized carbons (Fsp3) is 0.400. The van der Waals surface area contributed by atoms with Gasteiger partial charge < -0.3 is 5.32 Å². The Labute approximate surface area is 102 Å². The van der Waals surface area contributed by atoms with E-state index < -0.39 is 11.7 Å². The molecule has 16 heavy (non-hydrogen) atoms. The van der Waals surface area contributed by atoms with Gasteiger partial charge in [0.25, 0.3) is 0 Å². The Balaban J connectivity index is 0.00000128. The van der Waals surface area contributed by atoms with Crippen LogP contribution < -0.4 is 5.32 Å². The van der Waals surface area contributed by atoms with Crippen LogP contribution in [-0.4, -0.2) is 6.54 Å². The van der Waals surface area contributed by atoms with Crippen molar-refractivity contribution in [2.24, 2.45) is 0 Å². The highest BCUT2D eigenvalue weighted by Gasteiger charge is 2.32. The first-order chi connectivity index (χ1) is 6.98. The van der Waals surface area contributed by atoms with E-state index in [1.165, 1.54) is 6.07 Å². The van der Waals surface area contributed by atoms with Crippen molar-refractivity contribution in [3.05, 3.63) is 34.3 Å². The van der Waals surface area contributed by atoms with Gasteiger partial charge in [0.05, 0.1) is 5.56 Å². The van der Waals surface area contributed by atoms with Gasteiger partial charge in [-0.2, -0.15) is 13.2 Å². The molecule has 1 aliphatic heterocycles. The first kappa shape index (κ1) is 13.6. The second-order valence-corrected chi connectivity index (χ2v) is 3.94. The largest absolute Gasteiger partial charge is 0.416 e. The van der Waals surface area contributed by atoms with Crippen molar-refractivity contribution in [1.82, 2.24) is 5.32 Å². The molecule has 90 valence electrons. The van der Waals surface area contributed by atoms with Crippen LogP contribution in [0.3, 0.4) is 0 Å². The minimum absolute atomic E-state index is 0. The summed E-state index contributed by atoms with van der Waals surface area (Å²) in [6.45, 7) is 0.831. The fourth-order valence-electron chi connectivity index (χ4n) is 1.54. The van der Waals surface area contributed by atoms with Gasteiger partial charge in [-0.1, -0.05) is 11.6 Å². The third-order valence-corrected chi connectivity index (χ3v) is 2.87. The Morgan fingerprint density at radius 3 is 2.38 bits per heavy atom. The molecular formula is C10H10Cl2F3N. The molecule has 2 rings (SSSR count). The van der Waals surface area contributed by atoms with Gasteiger partial charge in [0, 0.05) is 11.1 Å². The molecular weight excluding hydrogens is 262 g/mol. The molecule has 1 nitrogen and oxygen atoms in total. The smallest absolute Gasteiger partial charge is 0.310 e. The highest BCUT2D eigenvalue weighted by molar-refractivity contribution is 6.31. The highest BCUT2D eigenvalue weighted by atomic mass is 35.5. The molecule has 0 bridgehead atoms. The lowest BCUT2D eigenvalue weighted by atomic mass is 9.96. The monoisotopic (exact) mass is 271 g/mol. The molecule has 0 spiro atoms. The average Bonchev–Trinajstić information content (AvgIpc) is 2.03. The first-order valence-corrected chi connectivity index (χ1v) is 4.96. The van der Waals surface area contributed by atoms with Crippen LogP contribution in [0.5, 0.6) is 0 Å². The van der Waals surface area contributed by atoms with E-state index in [1.54, 1.807) is 0 Å². The van der Waals surface area contributed by atoms with Crippen LogP contribution in [0, 0.1) is 0 Å². The lowest BCUT2D eigenvalue weighted by Crippen LogP contribution is -2.35. The maximum Gasteiger partial charge on any atom is 0.416 e. The van der Waals surface area contributed by atoms with E-state index in [0.717, 1.165) is 25.1 Å². The lowest BCUT2D eigenvalue weighted by molar-refractivity contribution is -0.137.